The Morgan fingerprint density at radius 2 is 1.85 bits per heavy atom. The van der Waals surface area contributed by atoms with Gasteiger partial charge in [0.1, 0.15) is 5.75 Å². The van der Waals surface area contributed by atoms with Gasteiger partial charge in [-0.1, -0.05) is 54.6 Å². The van der Waals surface area contributed by atoms with Crippen LogP contribution >= 0.6 is 12.4 Å². The number of methoxy groups -OCH3 is 1. The van der Waals surface area contributed by atoms with Gasteiger partial charge in [0.2, 0.25) is 5.91 Å². The van der Waals surface area contributed by atoms with Crippen LogP contribution in [0.1, 0.15) is 42.3 Å². The first-order valence-corrected chi connectivity index (χ1v) is 11.5. The van der Waals surface area contributed by atoms with E-state index in [4.69, 9.17) is 19.9 Å². The lowest BCUT2D eigenvalue weighted by Crippen LogP contribution is -2.33. The van der Waals surface area contributed by atoms with Crippen LogP contribution in [0.2, 0.25) is 0 Å². The minimum Gasteiger partial charge on any atom is -0.497 e. The van der Waals surface area contributed by atoms with Gasteiger partial charge >= 0.3 is 0 Å². The van der Waals surface area contributed by atoms with E-state index in [9.17, 15) is 4.79 Å². The number of primary amides is 1. The fourth-order valence-corrected chi connectivity index (χ4v) is 4.44. The SMILES string of the molecule is COc1ccc2c(C3COC(CCCC(NCC(N)=O)c4ccccc4)OC3)cccc2c1.Cl. The molecule has 1 saturated heterocycles. The van der Waals surface area contributed by atoms with Crippen molar-refractivity contribution in [1.82, 2.24) is 5.32 Å². The lowest BCUT2D eigenvalue weighted by Gasteiger charge is -2.30. The molecule has 0 spiro atoms. The van der Waals surface area contributed by atoms with Gasteiger partial charge in [-0.3, -0.25) is 4.79 Å². The van der Waals surface area contributed by atoms with Crippen molar-refractivity contribution in [2.24, 2.45) is 5.73 Å². The third-order valence-electron chi connectivity index (χ3n) is 6.18. The fraction of sp³-hybridized carbons (Fsp3) is 0.370. The number of halogens is 1. The van der Waals surface area contributed by atoms with Gasteiger partial charge in [0.05, 0.1) is 26.9 Å². The van der Waals surface area contributed by atoms with Crippen molar-refractivity contribution < 1.29 is 19.0 Å². The molecule has 1 heterocycles. The number of hydrogen-bond donors (Lipinski definition) is 2. The van der Waals surface area contributed by atoms with E-state index in [2.05, 4.69) is 47.8 Å². The molecule has 182 valence electrons. The summed E-state index contributed by atoms with van der Waals surface area (Å²) in [7, 11) is 1.68. The Labute approximate surface area is 207 Å². The topological polar surface area (TPSA) is 82.8 Å². The molecule has 3 N–H and O–H groups in total. The molecule has 1 aliphatic heterocycles. The predicted molar refractivity (Wildman–Crippen MR) is 136 cm³/mol. The lowest BCUT2D eigenvalue weighted by molar-refractivity contribution is -0.190. The normalized spacial score (nSPS) is 18.7. The van der Waals surface area contributed by atoms with Crippen molar-refractivity contribution >= 4 is 29.1 Å². The first kappa shape index (κ1) is 26.0. The fourth-order valence-electron chi connectivity index (χ4n) is 4.44. The van der Waals surface area contributed by atoms with E-state index in [1.165, 1.54) is 10.9 Å². The number of rotatable bonds is 10. The zero-order valence-electron chi connectivity index (χ0n) is 19.4. The second-order valence-corrected chi connectivity index (χ2v) is 8.47. The summed E-state index contributed by atoms with van der Waals surface area (Å²) in [4.78, 5) is 11.2. The monoisotopic (exact) mass is 484 g/mol. The van der Waals surface area contributed by atoms with E-state index >= 15 is 0 Å². The minimum atomic E-state index is -0.354. The smallest absolute Gasteiger partial charge is 0.231 e. The first-order valence-electron chi connectivity index (χ1n) is 11.5. The van der Waals surface area contributed by atoms with Gasteiger partial charge < -0.3 is 25.3 Å². The zero-order valence-corrected chi connectivity index (χ0v) is 20.3. The Bertz CT molecular complexity index is 1050. The number of benzene rings is 3. The predicted octanol–water partition coefficient (Wildman–Crippen LogP) is 4.71. The maximum atomic E-state index is 11.2. The van der Waals surface area contributed by atoms with Crippen molar-refractivity contribution in [3.63, 3.8) is 0 Å². The van der Waals surface area contributed by atoms with Crippen molar-refractivity contribution in [1.29, 1.82) is 0 Å². The van der Waals surface area contributed by atoms with Crippen LogP contribution in [0, 0.1) is 0 Å². The maximum Gasteiger partial charge on any atom is 0.231 e. The lowest BCUT2D eigenvalue weighted by atomic mass is 9.94. The van der Waals surface area contributed by atoms with E-state index in [1.54, 1.807) is 7.11 Å². The zero-order chi connectivity index (χ0) is 23.0. The van der Waals surface area contributed by atoms with Crippen LogP contribution in [0.5, 0.6) is 5.75 Å². The van der Waals surface area contributed by atoms with Crippen LogP contribution in [0.15, 0.2) is 66.7 Å². The Kier molecular flexibility index (Phi) is 9.72. The number of carbonyl (C=O) groups is 1. The van der Waals surface area contributed by atoms with Crippen LogP contribution in [-0.4, -0.2) is 39.1 Å². The largest absolute Gasteiger partial charge is 0.497 e. The van der Waals surface area contributed by atoms with E-state index in [-0.39, 0.29) is 43.1 Å². The average Bonchev–Trinajstić information content (AvgIpc) is 2.86. The summed E-state index contributed by atoms with van der Waals surface area (Å²) >= 11 is 0. The van der Waals surface area contributed by atoms with E-state index in [0.29, 0.717) is 13.2 Å². The summed E-state index contributed by atoms with van der Waals surface area (Å²) in [6.07, 6.45) is 2.38. The molecule has 3 aromatic rings. The van der Waals surface area contributed by atoms with Gasteiger partial charge in [0.15, 0.2) is 6.29 Å². The molecule has 34 heavy (non-hydrogen) atoms. The molecule has 1 unspecified atom stereocenters. The maximum absolute atomic E-state index is 11.2. The van der Waals surface area contributed by atoms with Crippen molar-refractivity contribution in [3.05, 3.63) is 77.9 Å². The van der Waals surface area contributed by atoms with Gasteiger partial charge in [-0.15, -0.1) is 12.4 Å². The van der Waals surface area contributed by atoms with Gasteiger partial charge in [0.25, 0.3) is 0 Å². The minimum absolute atomic E-state index is 0. The van der Waals surface area contributed by atoms with E-state index in [1.807, 2.05) is 24.3 Å². The molecule has 1 aliphatic rings. The number of carbonyl (C=O) groups excluding carboxylic acids is 1. The second-order valence-electron chi connectivity index (χ2n) is 8.47. The highest BCUT2D eigenvalue weighted by Gasteiger charge is 2.25. The molecule has 1 fully saturated rings. The number of hydrogen-bond acceptors (Lipinski definition) is 5. The molecule has 1 amide bonds. The number of ether oxygens (including phenoxy) is 3. The van der Waals surface area contributed by atoms with E-state index < -0.39 is 0 Å². The van der Waals surface area contributed by atoms with Crippen molar-refractivity contribution in [2.75, 3.05) is 26.9 Å². The number of nitrogens with one attached hydrogen (secondary N) is 1. The first-order chi connectivity index (χ1) is 16.1. The molecule has 0 radical (unpaired) electrons. The molecule has 7 heteroatoms. The molecule has 0 saturated carbocycles. The Hall–Kier alpha value is -2.64. The van der Waals surface area contributed by atoms with Gasteiger partial charge in [-0.2, -0.15) is 0 Å². The molecule has 6 nitrogen and oxygen atoms in total. The van der Waals surface area contributed by atoms with Gasteiger partial charge in [-0.25, -0.2) is 0 Å². The molecule has 0 aromatic heterocycles. The highest BCUT2D eigenvalue weighted by molar-refractivity contribution is 5.87. The molecule has 4 rings (SSSR count). The van der Waals surface area contributed by atoms with Gasteiger partial charge in [-0.05, 0) is 53.3 Å². The summed E-state index contributed by atoms with van der Waals surface area (Å²) in [6.45, 7) is 1.43. The summed E-state index contributed by atoms with van der Waals surface area (Å²) in [5.41, 5.74) is 7.72. The van der Waals surface area contributed by atoms with Gasteiger partial charge in [0, 0.05) is 12.0 Å². The van der Waals surface area contributed by atoms with Crippen LogP contribution in [0.4, 0.5) is 0 Å². The average molecular weight is 485 g/mol. The Morgan fingerprint density at radius 1 is 1.09 bits per heavy atom. The molecule has 0 aliphatic carbocycles. The Balaban J connectivity index is 0.00000324. The summed E-state index contributed by atoms with van der Waals surface area (Å²) < 4.78 is 17.5. The Morgan fingerprint density at radius 3 is 2.56 bits per heavy atom. The second kappa shape index (κ2) is 12.7. The third kappa shape index (κ3) is 6.70. The van der Waals surface area contributed by atoms with Crippen LogP contribution < -0.4 is 15.8 Å². The molecular formula is C27H33ClN2O4. The number of amides is 1. The molecule has 3 aromatic carbocycles. The summed E-state index contributed by atoms with van der Waals surface area (Å²) in [6, 6.07) is 22.7. The van der Waals surface area contributed by atoms with Crippen LogP contribution in [-0.2, 0) is 14.3 Å². The highest BCUT2D eigenvalue weighted by atomic mass is 35.5. The quantitative estimate of drug-likeness (QED) is 0.435. The van der Waals surface area contributed by atoms with Crippen LogP contribution in [0.25, 0.3) is 10.8 Å². The standard InChI is InChI=1S/C27H32N2O4.ClH/c1-31-22-13-14-24-20(15-22)9-5-10-23(24)21-17-32-27(33-18-21)12-6-11-25(29-16-26(28)30)19-7-3-2-4-8-19;/h2-5,7-10,13-15,21,25,27,29H,6,11-12,16-18H2,1H3,(H2,28,30);1H. The van der Waals surface area contributed by atoms with Crippen molar-refractivity contribution in [3.8, 4) is 5.75 Å². The van der Waals surface area contributed by atoms with Crippen molar-refractivity contribution in [2.45, 2.75) is 37.5 Å². The number of fused-ring (bicyclic) bond motifs is 1. The summed E-state index contributed by atoms with van der Waals surface area (Å²) in [5.74, 6) is 0.704. The molecule has 1 atom stereocenters. The third-order valence-corrected chi connectivity index (χ3v) is 6.18. The molecule has 0 bridgehead atoms. The number of nitrogens with two attached hydrogens (primary N) is 1. The molecular weight excluding hydrogens is 452 g/mol. The summed E-state index contributed by atoms with van der Waals surface area (Å²) in [5, 5.41) is 5.63. The van der Waals surface area contributed by atoms with Crippen LogP contribution in [0.3, 0.4) is 0 Å². The van der Waals surface area contributed by atoms with E-state index in [0.717, 1.165) is 36.0 Å². The highest BCUT2D eigenvalue weighted by Crippen LogP contribution is 2.32.